The molecule has 3 rings (SSSR count). The number of carboxylic acids is 1. The third-order valence-electron chi connectivity index (χ3n) is 4.08. The Morgan fingerprint density at radius 3 is 2.63 bits per heavy atom. The Balaban J connectivity index is 1.81. The van der Waals surface area contributed by atoms with Crippen molar-refractivity contribution in [3.05, 3.63) is 63.5 Å². The lowest BCUT2D eigenvalue weighted by Crippen LogP contribution is -2.27. The van der Waals surface area contributed by atoms with Crippen molar-refractivity contribution in [3.8, 4) is 11.5 Å². The summed E-state index contributed by atoms with van der Waals surface area (Å²) in [5.74, 6) is -0.881. The lowest BCUT2D eigenvalue weighted by Gasteiger charge is -2.13. The molecule has 0 aliphatic carbocycles. The molecule has 156 valence electrons. The fourth-order valence-electron chi connectivity index (χ4n) is 2.73. The van der Waals surface area contributed by atoms with E-state index < -0.39 is 18.5 Å². The number of amides is 2. The van der Waals surface area contributed by atoms with E-state index >= 15 is 0 Å². The van der Waals surface area contributed by atoms with Gasteiger partial charge in [-0.25, -0.2) is 4.79 Å². The quantitative estimate of drug-likeness (QED) is 0.598. The highest BCUT2D eigenvalue weighted by atomic mass is 35.5. The number of ether oxygens (including phenoxy) is 2. The van der Waals surface area contributed by atoms with Crippen LogP contribution in [0.4, 0.5) is 4.79 Å². The monoisotopic (exact) mass is 447 g/mol. The van der Waals surface area contributed by atoms with Crippen LogP contribution in [0.25, 0.3) is 6.08 Å². The van der Waals surface area contributed by atoms with Crippen LogP contribution in [-0.2, 0) is 16.1 Å². The molecule has 1 heterocycles. The van der Waals surface area contributed by atoms with Crippen molar-refractivity contribution in [1.82, 2.24) is 4.90 Å². The number of carboxylic acid groups (broad SMARTS) is 1. The lowest BCUT2D eigenvalue weighted by molar-refractivity contribution is -0.139. The highest BCUT2D eigenvalue weighted by molar-refractivity contribution is 8.18. The van der Waals surface area contributed by atoms with Crippen LogP contribution in [0.15, 0.2) is 47.4 Å². The van der Waals surface area contributed by atoms with Gasteiger partial charge in [-0.15, -0.1) is 0 Å². The fraction of sp³-hybridized carbons (Fsp3) is 0.190. The van der Waals surface area contributed by atoms with Gasteiger partial charge in [0.2, 0.25) is 0 Å². The maximum absolute atomic E-state index is 12.7. The number of thioether (sulfide) groups is 1. The normalized spacial score (nSPS) is 15.0. The highest BCUT2D eigenvalue weighted by Gasteiger charge is 2.35. The van der Waals surface area contributed by atoms with E-state index in [2.05, 4.69) is 0 Å². The Bertz CT molecular complexity index is 1020. The fourth-order valence-corrected chi connectivity index (χ4v) is 3.76. The number of imide groups is 1. The van der Waals surface area contributed by atoms with Crippen molar-refractivity contribution in [1.29, 1.82) is 0 Å². The standard InChI is InChI=1S/C21H18ClNO6S/c1-2-28-17-9-13(7-8-16(17)29-12-19(24)25)10-18-20(26)23(21(27)30-18)11-14-5-3-4-6-15(14)22/h3-10H,2,11-12H2,1H3,(H,24,25)/b18-10-. The van der Waals surface area contributed by atoms with Gasteiger partial charge in [-0.05, 0) is 54.1 Å². The largest absolute Gasteiger partial charge is 0.490 e. The number of rotatable bonds is 8. The molecule has 0 unspecified atom stereocenters. The van der Waals surface area contributed by atoms with E-state index in [1.165, 1.54) is 0 Å². The predicted octanol–water partition coefficient (Wildman–Crippen LogP) is 4.44. The number of aliphatic carboxylic acids is 1. The van der Waals surface area contributed by atoms with E-state index in [1.54, 1.807) is 55.5 Å². The molecule has 9 heteroatoms. The van der Waals surface area contributed by atoms with Crippen molar-refractivity contribution in [2.45, 2.75) is 13.5 Å². The van der Waals surface area contributed by atoms with Gasteiger partial charge in [0, 0.05) is 5.02 Å². The maximum atomic E-state index is 12.7. The molecule has 0 saturated carbocycles. The summed E-state index contributed by atoms with van der Waals surface area (Å²) in [5.41, 5.74) is 1.30. The van der Waals surface area contributed by atoms with E-state index in [9.17, 15) is 14.4 Å². The number of carbonyl (C=O) groups is 3. The number of hydrogen-bond donors (Lipinski definition) is 1. The summed E-state index contributed by atoms with van der Waals surface area (Å²) in [6.45, 7) is 1.73. The molecule has 7 nitrogen and oxygen atoms in total. The summed E-state index contributed by atoms with van der Waals surface area (Å²) in [4.78, 5) is 37.2. The molecule has 0 atom stereocenters. The Morgan fingerprint density at radius 2 is 1.93 bits per heavy atom. The minimum Gasteiger partial charge on any atom is -0.490 e. The first-order valence-corrected chi connectivity index (χ1v) is 10.2. The van der Waals surface area contributed by atoms with Crippen LogP contribution in [0.3, 0.4) is 0 Å². The molecule has 1 aliphatic heterocycles. The minimum absolute atomic E-state index is 0.0911. The van der Waals surface area contributed by atoms with Gasteiger partial charge >= 0.3 is 5.97 Å². The average molecular weight is 448 g/mol. The van der Waals surface area contributed by atoms with Gasteiger partial charge in [-0.3, -0.25) is 14.5 Å². The number of benzene rings is 2. The van der Waals surface area contributed by atoms with Crippen molar-refractivity contribution in [2.75, 3.05) is 13.2 Å². The van der Waals surface area contributed by atoms with Crippen LogP contribution in [-0.4, -0.2) is 40.3 Å². The summed E-state index contributed by atoms with van der Waals surface area (Å²) in [6, 6.07) is 11.9. The summed E-state index contributed by atoms with van der Waals surface area (Å²) >= 11 is 6.98. The zero-order valence-electron chi connectivity index (χ0n) is 16.0. The van der Waals surface area contributed by atoms with Crippen molar-refractivity contribution in [3.63, 3.8) is 0 Å². The first-order chi connectivity index (χ1) is 14.4. The molecule has 2 aromatic carbocycles. The van der Waals surface area contributed by atoms with Gasteiger partial charge in [-0.1, -0.05) is 35.9 Å². The van der Waals surface area contributed by atoms with Crippen LogP contribution in [0.2, 0.25) is 5.02 Å². The second kappa shape index (κ2) is 9.69. The SMILES string of the molecule is CCOc1cc(/C=C2\SC(=O)N(Cc3ccccc3Cl)C2=O)ccc1OCC(=O)O. The molecule has 0 bridgehead atoms. The lowest BCUT2D eigenvalue weighted by atomic mass is 10.1. The van der Waals surface area contributed by atoms with Crippen LogP contribution in [0.1, 0.15) is 18.1 Å². The molecule has 1 fully saturated rings. The Hall–Kier alpha value is -2.97. The zero-order chi connectivity index (χ0) is 21.7. The number of nitrogens with zero attached hydrogens (tertiary/aromatic N) is 1. The molecule has 0 radical (unpaired) electrons. The van der Waals surface area contributed by atoms with Gasteiger partial charge in [-0.2, -0.15) is 0 Å². The average Bonchev–Trinajstić information content (AvgIpc) is 2.96. The molecule has 2 amide bonds. The molecule has 0 aromatic heterocycles. The topological polar surface area (TPSA) is 93.1 Å². The zero-order valence-corrected chi connectivity index (χ0v) is 17.5. The van der Waals surface area contributed by atoms with E-state index in [0.29, 0.717) is 28.5 Å². The second-order valence-corrected chi connectivity index (χ2v) is 7.58. The number of hydrogen-bond acceptors (Lipinski definition) is 6. The van der Waals surface area contributed by atoms with Crippen molar-refractivity contribution < 1.29 is 29.0 Å². The maximum Gasteiger partial charge on any atom is 0.341 e. The predicted molar refractivity (Wildman–Crippen MR) is 114 cm³/mol. The molecule has 0 spiro atoms. The van der Waals surface area contributed by atoms with E-state index in [4.69, 9.17) is 26.2 Å². The summed E-state index contributed by atoms with van der Waals surface area (Å²) < 4.78 is 10.7. The van der Waals surface area contributed by atoms with E-state index in [-0.39, 0.29) is 22.4 Å². The molecule has 1 saturated heterocycles. The number of halogens is 1. The second-order valence-electron chi connectivity index (χ2n) is 6.18. The summed E-state index contributed by atoms with van der Waals surface area (Å²) in [5, 5.41) is 8.89. The first kappa shape index (κ1) is 21.7. The molecule has 1 aliphatic rings. The van der Waals surface area contributed by atoms with Gasteiger partial charge in [0.15, 0.2) is 18.1 Å². The first-order valence-electron chi connectivity index (χ1n) is 8.99. The van der Waals surface area contributed by atoms with Gasteiger partial charge < -0.3 is 14.6 Å². The summed E-state index contributed by atoms with van der Waals surface area (Å²) in [6.07, 6.45) is 1.58. The minimum atomic E-state index is -1.10. The molecule has 1 N–H and O–H groups in total. The smallest absolute Gasteiger partial charge is 0.341 e. The third-order valence-corrected chi connectivity index (χ3v) is 5.35. The summed E-state index contributed by atoms with van der Waals surface area (Å²) in [7, 11) is 0. The molecule has 30 heavy (non-hydrogen) atoms. The van der Waals surface area contributed by atoms with Gasteiger partial charge in [0.05, 0.1) is 18.1 Å². The van der Waals surface area contributed by atoms with Gasteiger partial charge in [0.25, 0.3) is 11.1 Å². The molecule has 2 aromatic rings. The van der Waals surface area contributed by atoms with Crippen LogP contribution >= 0.6 is 23.4 Å². The van der Waals surface area contributed by atoms with E-state index in [1.807, 2.05) is 0 Å². The third kappa shape index (κ3) is 5.14. The Kier molecular flexibility index (Phi) is 7.02. The Labute approximate surface area is 182 Å². The van der Waals surface area contributed by atoms with Crippen LogP contribution < -0.4 is 9.47 Å². The molecular weight excluding hydrogens is 430 g/mol. The van der Waals surface area contributed by atoms with Gasteiger partial charge in [0.1, 0.15) is 0 Å². The van der Waals surface area contributed by atoms with Crippen LogP contribution in [0.5, 0.6) is 11.5 Å². The molecular formula is C21H18ClNO6S. The Morgan fingerprint density at radius 1 is 1.17 bits per heavy atom. The number of carbonyl (C=O) groups excluding carboxylic acids is 2. The van der Waals surface area contributed by atoms with Crippen molar-refractivity contribution >= 4 is 46.6 Å². The van der Waals surface area contributed by atoms with Crippen LogP contribution in [0, 0.1) is 0 Å². The van der Waals surface area contributed by atoms with E-state index in [0.717, 1.165) is 16.7 Å². The van der Waals surface area contributed by atoms with Crippen molar-refractivity contribution in [2.24, 2.45) is 0 Å². The highest BCUT2D eigenvalue weighted by Crippen LogP contribution is 2.36.